The van der Waals surface area contributed by atoms with E-state index in [1.807, 2.05) is 25.1 Å². The largest absolute Gasteiger partial charge is 0.304 e. The summed E-state index contributed by atoms with van der Waals surface area (Å²) in [5, 5.41) is 0.841. The minimum atomic E-state index is -4.06. The van der Waals surface area contributed by atoms with Crippen molar-refractivity contribution in [2.45, 2.75) is 11.1 Å². The molecule has 14 heavy (non-hydrogen) atoms. The van der Waals surface area contributed by atoms with E-state index in [2.05, 4.69) is 0 Å². The average Bonchev–Trinajstić information content (AvgIpc) is 2.45. The van der Waals surface area contributed by atoms with Crippen LogP contribution in [0, 0.1) is 6.92 Å². The Morgan fingerprint density at radius 1 is 1.29 bits per heavy atom. The molecule has 0 bridgehead atoms. The third kappa shape index (κ3) is 1.66. The first-order valence-corrected chi connectivity index (χ1v) is 6.20. The first-order chi connectivity index (χ1) is 6.47. The lowest BCUT2D eigenvalue weighted by molar-refractivity contribution is 0.485. The second-order valence-corrected chi connectivity index (χ2v) is 5.81. The van der Waals surface area contributed by atoms with Gasteiger partial charge in [-0.15, -0.1) is 11.3 Å². The smallest absolute Gasteiger partial charge is 0.281 e. The molecule has 0 aliphatic carbocycles. The van der Waals surface area contributed by atoms with Gasteiger partial charge in [-0.05, 0) is 30.0 Å². The molecule has 0 unspecified atom stereocenters. The van der Waals surface area contributed by atoms with Gasteiger partial charge in [-0.25, -0.2) is 0 Å². The fraction of sp³-hybridized carbons (Fsp3) is 0.111. The predicted octanol–water partition coefficient (Wildman–Crippen LogP) is 2.46. The minimum absolute atomic E-state index is 0.00176. The summed E-state index contributed by atoms with van der Waals surface area (Å²) in [6.07, 6.45) is 0. The molecule has 2 aromatic rings. The molecule has 0 spiro atoms. The van der Waals surface area contributed by atoms with E-state index < -0.39 is 10.1 Å². The average molecular weight is 228 g/mol. The van der Waals surface area contributed by atoms with Gasteiger partial charge in [0.25, 0.3) is 0 Å². The predicted molar refractivity (Wildman–Crippen MR) is 56.4 cm³/mol. The van der Waals surface area contributed by atoms with Gasteiger partial charge in [-0.3, -0.25) is 4.55 Å². The summed E-state index contributed by atoms with van der Waals surface area (Å²) in [4.78, 5) is 0. The number of thiophene rings is 1. The van der Waals surface area contributed by atoms with E-state index in [0.29, 0.717) is 0 Å². The Morgan fingerprint density at radius 3 is 2.64 bits per heavy atom. The van der Waals surface area contributed by atoms with E-state index >= 15 is 0 Å². The molecule has 1 aromatic carbocycles. The van der Waals surface area contributed by atoms with Gasteiger partial charge in [-0.2, -0.15) is 8.42 Å². The summed E-state index contributed by atoms with van der Waals surface area (Å²) in [5.74, 6) is 0. The maximum absolute atomic E-state index is 10.9. The van der Waals surface area contributed by atoms with E-state index in [-0.39, 0.29) is 4.21 Å². The maximum atomic E-state index is 10.9. The van der Waals surface area contributed by atoms with Crippen LogP contribution in [0.1, 0.15) is 5.56 Å². The van der Waals surface area contributed by atoms with E-state index in [9.17, 15) is 8.42 Å². The van der Waals surface area contributed by atoms with Gasteiger partial charge in [0.15, 0.2) is 0 Å². The van der Waals surface area contributed by atoms with Gasteiger partial charge in [0.1, 0.15) is 4.21 Å². The normalized spacial score (nSPS) is 12.1. The highest BCUT2D eigenvalue weighted by molar-refractivity contribution is 7.88. The highest BCUT2D eigenvalue weighted by atomic mass is 32.3. The van der Waals surface area contributed by atoms with E-state index in [4.69, 9.17) is 4.55 Å². The van der Waals surface area contributed by atoms with Crippen LogP contribution in [0.3, 0.4) is 0 Å². The van der Waals surface area contributed by atoms with Crippen molar-refractivity contribution in [2.75, 3.05) is 0 Å². The summed E-state index contributed by atoms with van der Waals surface area (Å²) in [5.41, 5.74) is 1.07. The second-order valence-electron chi connectivity index (χ2n) is 3.08. The summed E-state index contributed by atoms with van der Waals surface area (Å²) in [6, 6.07) is 7.13. The molecule has 5 heteroatoms. The van der Waals surface area contributed by atoms with Crippen LogP contribution < -0.4 is 0 Å². The molecule has 74 valence electrons. The Morgan fingerprint density at radius 2 is 2.00 bits per heavy atom. The highest BCUT2D eigenvalue weighted by Gasteiger charge is 2.13. The van der Waals surface area contributed by atoms with Gasteiger partial charge < -0.3 is 0 Å². The monoisotopic (exact) mass is 228 g/mol. The summed E-state index contributed by atoms with van der Waals surface area (Å²) >= 11 is 1.08. The number of aryl methyl sites for hydroxylation is 1. The third-order valence-electron chi connectivity index (χ3n) is 1.91. The molecular weight excluding hydrogens is 220 g/mol. The van der Waals surface area contributed by atoms with Gasteiger partial charge in [0.05, 0.1) is 0 Å². The van der Waals surface area contributed by atoms with E-state index in [1.165, 1.54) is 6.07 Å². The number of hydrogen-bond acceptors (Lipinski definition) is 3. The molecule has 0 fully saturated rings. The van der Waals surface area contributed by atoms with Crippen LogP contribution in [0.15, 0.2) is 28.5 Å². The van der Waals surface area contributed by atoms with Crippen LogP contribution in [0.4, 0.5) is 0 Å². The fourth-order valence-electron chi connectivity index (χ4n) is 1.24. The van der Waals surface area contributed by atoms with E-state index in [1.54, 1.807) is 0 Å². The molecule has 0 aliphatic heterocycles. The molecule has 0 atom stereocenters. The van der Waals surface area contributed by atoms with Gasteiger partial charge >= 0.3 is 10.1 Å². The van der Waals surface area contributed by atoms with Crippen molar-refractivity contribution in [3.8, 4) is 0 Å². The zero-order valence-electron chi connectivity index (χ0n) is 7.39. The van der Waals surface area contributed by atoms with E-state index in [0.717, 1.165) is 27.0 Å². The number of hydrogen-bond donors (Lipinski definition) is 1. The lowest BCUT2D eigenvalue weighted by Gasteiger charge is -1.89. The standard InChI is InChI=1S/C9H8O3S2/c1-6-2-3-7-5-9(14(10,11)12)13-8(7)4-6/h2-5H,1H3,(H,10,11,12). The minimum Gasteiger partial charge on any atom is -0.281 e. The van der Waals surface area contributed by atoms with Crippen LogP contribution in [0.5, 0.6) is 0 Å². The lowest BCUT2D eigenvalue weighted by atomic mass is 10.2. The fourth-order valence-corrected chi connectivity index (χ4v) is 3.10. The first kappa shape index (κ1) is 9.64. The summed E-state index contributed by atoms with van der Waals surface area (Å²) < 4.78 is 31.4. The number of fused-ring (bicyclic) bond motifs is 1. The van der Waals surface area contributed by atoms with Crippen molar-refractivity contribution in [1.82, 2.24) is 0 Å². The van der Waals surface area contributed by atoms with Crippen molar-refractivity contribution in [3.05, 3.63) is 29.8 Å². The van der Waals surface area contributed by atoms with Crippen LogP contribution in [-0.4, -0.2) is 13.0 Å². The van der Waals surface area contributed by atoms with Crippen molar-refractivity contribution in [1.29, 1.82) is 0 Å². The molecule has 3 nitrogen and oxygen atoms in total. The Hall–Kier alpha value is -0.910. The zero-order valence-corrected chi connectivity index (χ0v) is 9.02. The molecule has 1 heterocycles. The topological polar surface area (TPSA) is 54.4 Å². The van der Waals surface area contributed by atoms with Crippen LogP contribution in [0.25, 0.3) is 10.1 Å². The summed E-state index contributed by atoms with van der Waals surface area (Å²) in [7, 11) is -4.06. The molecule has 1 N–H and O–H groups in total. The molecule has 0 aliphatic rings. The zero-order chi connectivity index (χ0) is 10.3. The van der Waals surface area contributed by atoms with Crippen molar-refractivity contribution in [2.24, 2.45) is 0 Å². The van der Waals surface area contributed by atoms with Crippen LogP contribution >= 0.6 is 11.3 Å². The lowest BCUT2D eigenvalue weighted by Crippen LogP contribution is -1.92. The maximum Gasteiger partial charge on any atom is 0.304 e. The summed E-state index contributed by atoms with van der Waals surface area (Å²) in [6.45, 7) is 1.94. The molecular formula is C9H8O3S2. The Kier molecular flexibility index (Phi) is 2.10. The number of rotatable bonds is 1. The van der Waals surface area contributed by atoms with Crippen LogP contribution in [0.2, 0.25) is 0 Å². The second kappa shape index (κ2) is 3.05. The van der Waals surface area contributed by atoms with Crippen molar-refractivity contribution < 1.29 is 13.0 Å². The highest BCUT2D eigenvalue weighted by Crippen LogP contribution is 2.29. The molecule has 0 saturated carbocycles. The van der Waals surface area contributed by atoms with Crippen LogP contribution in [-0.2, 0) is 10.1 Å². The Labute approximate surface area is 85.7 Å². The molecule has 2 rings (SSSR count). The van der Waals surface area contributed by atoms with Crippen molar-refractivity contribution in [3.63, 3.8) is 0 Å². The molecule has 0 radical (unpaired) electrons. The Bertz CT molecular complexity index is 581. The van der Waals surface area contributed by atoms with Gasteiger partial charge in [0.2, 0.25) is 0 Å². The third-order valence-corrected chi connectivity index (χ3v) is 4.31. The first-order valence-electron chi connectivity index (χ1n) is 3.94. The molecule has 1 aromatic heterocycles. The van der Waals surface area contributed by atoms with Crippen molar-refractivity contribution >= 4 is 31.5 Å². The molecule has 0 saturated heterocycles. The number of benzene rings is 1. The molecule has 0 amide bonds. The quantitative estimate of drug-likeness (QED) is 0.763. The van der Waals surface area contributed by atoms with Gasteiger partial charge in [-0.1, -0.05) is 12.1 Å². The Balaban J connectivity index is 2.75. The SMILES string of the molecule is Cc1ccc2cc(S(=O)(=O)O)sc2c1. The van der Waals surface area contributed by atoms with Gasteiger partial charge in [0, 0.05) is 4.70 Å².